The van der Waals surface area contributed by atoms with Crippen LogP contribution in [0.15, 0.2) is 34.7 Å². The van der Waals surface area contributed by atoms with Crippen LogP contribution in [0.4, 0.5) is 5.82 Å². The monoisotopic (exact) mass is 378 g/mol. The highest BCUT2D eigenvalue weighted by Gasteiger charge is 2.27. The molecule has 6 nitrogen and oxygen atoms in total. The number of hydrogen-bond acceptors (Lipinski definition) is 5. The third kappa shape index (κ3) is 3.35. The zero-order valence-electron chi connectivity index (χ0n) is 16.9. The van der Waals surface area contributed by atoms with Gasteiger partial charge >= 0.3 is 0 Å². The molecule has 6 heteroatoms. The highest BCUT2D eigenvalue weighted by Crippen LogP contribution is 2.26. The minimum Gasteiger partial charge on any atom is -0.451 e. The van der Waals surface area contributed by atoms with E-state index in [0.29, 0.717) is 18.8 Å². The summed E-state index contributed by atoms with van der Waals surface area (Å²) in [6.45, 7) is 11.0. The fourth-order valence-electron chi connectivity index (χ4n) is 3.66. The molecule has 1 saturated heterocycles. The fourth-order valence-corrected chi connectivity index (χ4v) is 3.66. The van der Waals surface area contributed by atoms with Crippen LogP contribution in [0.5, 0.6) is 0 Å². The first-order valence-electron chi connectivity index (χ1n) is 9.82. The van der Waals surface area contributed by atoms with E-state index in [-0.39, 0.29) is 11.8 Å². The molecule has 1 amide bonds. The lowest BCUT2D eigenvalue weighted by atomic mass is 10.1. The number of amides is 1. The molecule has 3 aromatic rings. The molecule has 0 aliphatic carbocycles. The van der Waals surface area contributed by atoms with Crippen molar-refractivity contribution in [2.45, 2.75) is 33.6 Å². The van der Waals surface area contributed by atoms with Gasteiger partial charge < -0.3 is 14.2 Å². The van der Waals surface area contributed by atoms with Gasteiger partial charge in [0.2, 0.25) is 0 Å². The Hall–Kier alpha value is -2.89. The summed E-state index contributed by atoms with van der Waals surface area (Å²) < 4.78 is 5.86. The number of hydrogen-bond donors (Lipinski definition) is 0. The molecule has 1 aliphatic rings. The van der Waals surface area contributed by atoms with E-state index in [1.807, 2.05) is 49.1 Å². The first kappa shape index (κ1) is 18.5. The Morgan fingerprint density at radius 2 is 1.79 bits per heavy atom. The Morgan fingerprint density at radius 3 is 2.46 bits per heavy atom. The number of aromatic nitrogens is 2. The number of benzene rings is 1. The van der Waals surface area contributed by atoms with Gasteiger partial charge in [-0.3, -0.25) is 4.79 Å². The van der Waals surface area contributed by atoms with Crippen LogP contribution >= 0.6 is 0 Å². The van der Waals surface area contributed by atoms with Crippen molar-refractivity contribution < 1.29 is 9.21 Å². The van der Waals surface area contributed by atoms with E-state index in [1.54, 1.807) is 0 Å². The largest absolute Gasteiger partial charge is 0.451 e. The number of piperazine rings is 1. The second kappa shape index (κ2) is 7.26. The molecule has 0 spiro atoms. The average Bonchev–Trinajstić information content (AvgIpc) is 3.04. The van der Waals surface area contributed by atoms with Gasteiger partial charge in [0.05, 0.1) is 0 Å². The summed E-state index contributed by atoms with van der Waals surface area (Å²) in [4.78, 5) is 26.4. The summed E-state index contributed by atoms with van der Waals surface area (Å²) in [5.74, 6) is 2.52. The molecule has 0 atom stereocenters. The molecule has 0 unspecified atom stereocenters. The molecule has 2 aromatic heterocycles. The molecule has 1 fully saturated rings. The van der Waals surface area contributed by atoms with Crippen LogP contribution < -0.4 is 4.90 Å². The Labute approximate surface area is 165 Å². The highest BCUT2D eigenvalue weighted by molar-refractivity contribution is 5.99. The number of furan rings is 1. The molecule has 1 aliphatic heterocycles. The van der Waals surface area contributed by atoms with E-state index >= 15 is 0 Å². The van der Waals surface area contributed by atoms with Gasteiger partial charge in [0.15, 0.2) is 5.76 Å². The van der Waals surface area contributed by atoms with Crippen molar-refractivity contribution >= 4 is 22.7 Å². The van der Waals surface area contributed by atoms with Crippen molar-refractivity contribution in [3.63, 3.8) is 0 Å². The maximum Gasteiger partial charge on any atom is 0.290 e. The summed E-state index contributed by atoms with van der Waals surface area (Å²) in [5.41, 5.74) is 2.65. The number of rotatable bonds is 3. The maximum atomic E-state index is 13.0. The smallest absolute Gasteiger partial charge is 0.290 e. The van der Waals surface area contributed by atoms with Gasteiger partial charge in [-0.05, 0) is 19.9 Å². The van der Waals surface area contributed by atoms with E-state index in [2.05, 4.69) is 23.7 Å². The number of nitrogens with zero attached hydrogens (tertiary/aromatic N) is 4. The van der Waals surface area contributed by atoms with Crippen LogP contribution in [-0.2, 0) is 0 Å². The number of fused-ring (bicyclic) bond motifs is 1. The van der Waals surface area contributed by atoms with Gasteiger partial charge in [-0.2, -0.15) is 0 Å². The SMILES string of the molecule is Cc1cc(N2CCN(C(=O)c3oc4ccccc4c3C)CC2)nc(C(C)C)n1. The Kier molecular flexibility index (Phi) is 4.79. The zero-order chi connectivity index (χ0) is 19.8. The second-order valence-electron chi connectivity index (χ2n) is 7.71. The first-order chi connectivity index (χ1) is 13.4. The standard InChI is InChI=1S/C22H26N4O2/c1-14(2)21-23-15(3)13-19(24-21)25-9-11-26(12-10-25)22(27)20-16(4)17-7-5-6-8-18(17)28-20/h5-8,13-14H,9-12H2,1-4H3. The molecule has 3 heterocycles. The normalized spacial score (nSPS) is 14.9. The van der Waals surface area contributed by atoms with Crippen molar-refractivity contribution in [1.29, 1.82) is 0 Å². The topological polar surface area (TPSA) is 62.5 Å². The Bertz CT molecular complexity index is 1020. The third-order valence-corrected chi connectivity index (χ3v) is 5.30. The number of para-hydroxylation sites is 1. The number of anilines is 1. The fraction of sp³-hybridized carbons (Fsp3) is 0.409. The molecule has 4 rings (SSSR count). The van der Waals surface area contributed by atoms with Gasteiger partial charge in [-0.15, -0.1) is 0 Å². The summed E-state index contributed by atoms with van der Waals surface area (Å²) in [7, 11) is 0. The predicted octanol–water partition coefficient (Wildman–Crippen LogP) is 3.93. The highest BCUT2D eigenvalue weighted by atomic mass is 16.3. The lowest BCUT2D eigenvalue weighted by Gasteiger charge is -2.35. The van der Waals surface area contributed by atoms with Crippen LogP contribution in [0.25, 0.3) is 11.0 Å². The van der Waals surface area contributed by atoms with Gasteiger partial charge in [-0.25, -0.2) is 9.97 Å². The Morgan fingerprint density at radius 1 is 1.07 bits per heavy atom. The minimum atomic E-state index is -0.0323. The van der Waals surface area contributed by atoms with E-state index in [4.69, 9.17) is 9.40 Å². The molecule has 0 N–H and O–H groups in total. The van der Waals surface area contributed by atoms with Crippen molar-refractivity contribution in [2.75, 3.05) is 31.1 Å². The summed E-state index contributed by atoms with van der Waals surface area (Å²) in [6.07, 6.45) is 0. The van der Waals surface area contributed by atoms with E-state index in [9.17, 15) is 4.79 Å². The molecule has 1 aromatic carbocycles. The summed E-state index contributed by atoms with van der Waals surface area (Å²) >= 11 is 0. The van der Waals surface area contributed by atoms with E-state index in [1.165, 1.54) is 0 Å². The van der Waals surface area contributed by atoms with Crippen LogP contribution in [0.2, 0.25) is 0 Å². The van der Waals surface area contributed by atoms with Crippen molar-refractivity contribution in [3.05, 3.63) is 53.2 Å². The van der Waals surface area contributed by atoms with Crippen LogP contribution in [0.3, 0.4) is 0 Å². The first-order valence-corrected chi connectivity index (χ1v) is 9.82. The van der Waals surface area contributed by atoms with Crippen LogP contribution in [-0.4, -0.2) is 47.0 Å². The van der Waals surface area contributed by atoms with Crippen molar-refractivity contribution in [2.24, 2.45) is 0 Å². The molecule has 28 heavy (non-hydrogen) atoms. The zero-order valence-corrected chi connectivity index (χ0v) is 16.9. The van der Waals surface area contributed by atoms with Crippen LogP contribution in [0.1, 0.15) is 47.4 Å². The van der Waals surface area contributed by atoms with Gasteiger partial charge in [0, 0.05) is 54.8 Å². The summed E-state index contributed by atoms with van der Waals surface area (Å²) in [5, 5.41) is 1.00. The molecular formula is C22H26N4O2. The molecule has 0 radical (unpaired) electrons. The lowest BCUT2D eigenvalue weighted by molar-refractivity contribution is 0.0716. The Balaban J connectivity index is 1.49. The maximum absolute atomic E-state index is 13.0. The van der Waals surface area contributed by atoms with E-state index < -0.39 is 0 Å². The number of aryl methyl sites for hydroxylation is 2. The summed E-state index contributed by atoms with van der Waals surface area (Å²) in [6, 6.07) is 9.81. The third-order valence-electron chi connectivity index (χ3n) is 5.30. The van der Waals surface area contributed by atoms with Gasteiger partial charge in [0.25, 0.3) is 5.91 Å². The minimum absolute atomic E-state index is 0.0323. The van der Waals surface area contributed by atoms with Crippen LogP contribution in [0, 0.1) is 13.8 Å². The second-order valence-corrected chi connectivity index (χ2v) is 7.71. The predicted molar refractivity (Wildman–Crippen MR) is 110 cm³/mol. The van der Waals surface area contributed by atoms with Gasteiger partial charge in [0.1, 0.15) is 17.2 Å². The quantitative estimate of drug-likeness (QED) is 0.691. The lowest BCUT2D eigenvalue weighted by Crippen LogP contribution is -2.49. The van der Waals surface area contributed by atoms with Crippen molar-refractivity contribution in [3.8, 4) is 0 Å². The number of carbonyl (C=O) groups excluding carboxylic acids is 1. The van der Waals surface area contributed by atoms with Crippen molar-refractivity contribution in [1.82, 2.24) is 14.9 Å². The molecule has 146 valence electrons. The van der Waals surface area contributed by atoms with Gasteiger partial charge in [-0.1, -0.05) is 32.0 Å². The van der Waals surface area contributed by atoms with E-state index in [0.717, 1.165) is 47.0 Å². The molecular weight excluding hydrogens is 352 g/mol. The molecule has 0 bridgehead atoms. The average molecular weight is 378 g/mol. The molecule has 0 saturated carbocycles. The number of carbonyl (C=O) groups is 1.